The van der Waals surface area contributed by atoms with E-state index in [2.05, 4.69) is 41.4 Å². The quantitative estimate of drug-likeness (QED) is 0.850. The zero-order chi connectivity index (χ0) is 14.2. The molecule has 0 unspecified atom stereocenters. The molecule has 0 radical (unpaired) electrons. The molecule has 2 aromatic heterocycles. The van der Waals surface area contributed by atoms with Crippen LogP contribution >= 0.6 is 11.3 Å². The van der Waals surface area contributed by atoms with Gasteiger partial charge in [-0.25, -0.2) is 9.97 Å². The number of rotatable bonds is 4. The predicted molar refractivity (Wildman–Crippen MR) is 85.7 cm³/mol. The van der Waals surface area contributed by atoms with Crippen molar-refractivity contribution >= 4 is 27.4 Å². The van der Waals surface area contributed by atoms with E-state index in [-0.39, 0.29) is 5.54 Å². The fourth-order valence-corrected chi connectivity index (χ4v) is 3.91. The Labute approximate surface area is 124 Å². The first-order valence-corrected chi connectivity index (χ1v) is 8.10. The van der Waals surface area contributed by atoms with Crippen LogP contribution in [0.1, 0.15) is 37.6 Å². The Morgan fingerprint density at radius 2 is 2.05 bits per heavy atom. The van der Waals surface area contributed by atoms with Crippen LogP contribution in [0.3, 0.4) is 0 Å². The number of anilines is 1. The molecular formula is C15H22N4S. The Bertz CT molecular complexity index is 612. The van der Waals surface area contributed by atoms with Crippen molar-refractivity contribution in [3.05, 3.63) is 16.8 Å². The molecule has 108 valence electrons. The van der Waals surface area contributed by atoms with Gasteiger partial charge in [-0.05, 0) is 45.6 Å². The third kappa shape index (κ3) is 2.79. The van der Waals surface area contributed by atoms with E-state index in [1.165, 1.54) is 35.1 Å². The highest BCUT2D eigenvalue weighted by atomic mass is 32.1. The van der Waals surface area contributed by atoms with Crippen LogP contribution in [0.2, 0.25) is 0 Å². The molecule has 0 saturated heterocycles. The van der Waals surface area contributed by atoms with Crippen molar-refractivity contribution in [1.29, 1.82) is 0 Å². The van der Waals surface area contributed by atoms with Gasteiger partial charge >= 0.3 is 0 Å². The van der Waals surface area contributed by atoms with Crippen LogP contribution < -0.4 is 10.6 Å². The number of thiophene rings is 1. The standard InChI is InChI=1S/C15H22N4S/c1-15(2,3)19-8-7-16-13-12-10-5-4-6-11(10)20-14(12)18-9-17-13/h9,19H,4-8H2,1-3H3,(H,16,17,18). The Morgan fingerprint density at radius 3 is 2.85 bits per heavy atom. The van der Waals surface area contributed by atoms with Crippen molar-refractivity contribution in [3.8, 4) is 0 Å². The summed E-state index contributed by atoms with van der Waals surface area (Å²) in [6.45, 7) is 8.36. The van der Waals surface area contributed by atoms with E-state index < -0.39 is 0 Å². The molecule has 3 rings (SSSR count). The van der Waals surface area contributed by atoms with Crippen molar-refractivity contribution in [2.24, 2.45) is 0 Å². The summed E-state index contributed by atoms with van der Waals surface area (Å²) >= 11 is 1.84. The van der Waals surface area contributed by atoms with Crippen LogP contribution in [-0.2, 0) is 12.8 Å². The average molecular weight is 290 g/mol. The average Bonchev–Trinajstić information content (AvgIpc) is 2.93. The molecule has 0 aromatic carbocycles. The van der Waals surface area contributed by atoms with E-state index in [1.54, 1.807) is 6.33 Å². The summed E-state index contributed by atoms with van der Waals surface area (Å²) in [6, 6.07) is 0. The smallest absolute Gasteiger partial charge is 0.138 e. The number of nitrogens with zero attached hydrogens (tertiary/aromatic N) is 2. The zero-order valence-corrected chi connectivity index (χ0v) is 13.2. The normalized spacial score (nSPS) is 14.8. The van der Waals surface area contributed by atoms with E-state index in [9.17, 15) is 0 Å². The first-order chi connectivity index (χ1) is 9.54. The zero-order valence-electron chi connectivity index (χ0n) is 12.4. The van der Waals surface area contributed by atoms with Crippen LogP contribution in [0, 0.1) is 0 Å². The molecule has 2 heterocycles. The lowest BCUT2D eigenvalue weighted by Gasteiger charge is -2.20. The van der Waals surface area contributed by atoms with Crippen LogP contribution in [0.15, 0.2) is 6.33 Å². The first kappa shape index (κ1) is 13.8. The summed E-state index contributed by atoms with van der Waals surface area (Å²) < 4.78 is 0. The molecule has 2 N–H and O–H groups in total. The number of nitrogens with one attached hydrogen (secondary N) is 2. The minimum absolute atomic E-state index is 0.159. The number of fused-ring (bicyclic) bond motifs is 3. The van der Waals surface area contributed by atoms with Crippen molar-refractivity contribution in [2.75, 3.05) is 18.4 Å². The van der Waals surface area contributed by atoms with Crippen LogP contribution in [-0.4, -0.2) is 28.6 Å². The summed E-state index contributed by atoms with van der Waals surface area (Å²) in [6.07, 6.45) is 5.34. The number of aromatic nitrogens is 2. The third-order valence-corrected chi connectivity index (χ3v) is 4.77. The second-order valence-electron chi connectivity index (χ2n) is 6.36. The molecule has 0 saturated carbocycles. The highest BCUT2D eigenvalue weighted by Crippen LogP contribution is 2.38. The summed E-state index contributed by atoms with van der Waals surface area (Å²) in [5.74, 6) is 1.00. The molecule has 0 atom stereocenters. The van der Waals surface area contributed by atoms with Crippen molar-refractivity contribution in [2.45, 2.75) is 45.6 Å². The maximum atomic E-state index is 4.45. The highest BCUT2D eigenvalue weighted by molar-refractivity contribution is 7.19. The van der Waals surface area contributed by atoms with E-state index in [0.717, 1.165) is 23.7 Å². The van der Waals surface area contributed by atoms with E-state index in [1.807, 2.05) is 11.3 Å². The Hall–Kier alpha value is -1.20. The second-order valence-corrected chi connectivity index (χ2v) is 7.45. The van der Waals surface area contributed by atoms with Crippen LogP contribution in [0.4, 0.5) is 5.82 Å². The number of aryl methyl sites for hydroxylation is 2. The van der Waals surface area contributed by atoms with Crippen LogP contribution in [0.25, 0.3) is 10.2 Å². The summed E-state index contributed by atoms with van der Waals surface area (Å²) in [5.41, 5.74) is 1.64. The molecule has 1 aliphatic carbocycles. The fourth-order valence-electron chi connectivity index (χ4n) is 2.68. The van der Waals surface area contributed by atoms with Gasteiger partial charge in [-0.2, -0.15) is 0 Å². The van der Waals surface area contributed by atoms with Gasteiger partial charge in [0.05, 0.1) is 5.39 Å². The lowest BCUT2D eigenvalue weighted by Crippen LogP contribution is -2.38. The van der Waals surface area contributed by atoms with Crippen LogP contribution in [0.5, 0.6) is 0 Å². The van der Waals surface area contributed by atoms with Crippen molar-refractivity contribution < 1.29 is 0 Å². The minimum atomic E-state index is 0.159. The molecule has 1 aliphatic rings. The molecule has 0 aliphatic heterocycles. The van der Waals surface area contributed by atoms with Gasteiger partial charge in [0, 0.05) is 23.5 Å². The SMILES string of the molecule is CC(C)(C)NCCNc1ncnc2sc3c(c12)CCC3. The highest BCUT2D eigenvalue weighted by Gasteiger charge is 2.20. The van der Waals surface area contributed by atoms with E-state index >= 15 is 0 Å². The molecule has 2 aromatic rings. The minimum Gasteiger partial charge on any atom is -0.368 e. The third-order valence-electron chi connectivity index (χ3n) is 3.57. The van der Waals surface area contributed by atoms with Gasteiger partial charge in [0.2, 0.25) is 0 Å². The van der Waals surface area contributed by atoms with E-state index in [0.29, 0.717) is 0 Å². The molecule has 4 nitrogen and oxygen atoms in total. The Kier molecular flexibility index (Phi) is 3.65. The second kappa shape index (κ2) is 5.30. The largest absolute Gasteiger partial charge is 0.368 e. The molecule has 0 spiro atoms. The molecule has 0 bridgehead atoms. The number of hydrogen-bond acceptors (Lipinski definition) is 5. The van der Waals surface area contributed by atoms with E-state index in [4.69, 9.17) is 0 Å². The van der Waals surface area contributed by atoms with Crippen molar-refractivity contribution in [3.63, 3.8) is 0 Å². The molecule has 0 amide bonds. The lowest BCUT2D eigenvalue weighted by atomic mass is 10.1. The molecular weight excluding hydrogens is 268 g/mol. The van der Waals surface area contributed by atoms with Gasteiger partial charge in [0.15, 0.2) is 0 Å². The Balaban J connectivity index is 1.75. The van der Waals surface area contributed by atoms with Gasteiger partial charge in [0.1, 0.15) is 17.0 Å². The maximum absolute atomic E-state index is 4.45. The maximum Gasteiger partial charge on any atom is 0.138 e. The van der Waals surface area contributed by atoms with Gasteiger partial charge in [-0.15, -0.1) is 11.3 Å². The van der Waals surface area contributed by atoms with Gasteiger partial charge in [-0.3, -0.25) is 0 Å². The lowest BCUT2D eigenvalue weighted by molar-refractivity contribution is 0.435. The van der Waals surface area contributed by atoms with Crippen molar-refractivity contribution in [1.82, 2.24) is 15.3 Å². The first-order valence-electron chi connectivity index (χ1n) is 7.29. The topological polar surface area (TPSA) is 49.8 Å². The fraction of sp³-hybridized carbons (Fsp3) is 0.600. The molecule has 5 heteroatoms. The van der Waals surface area contributed by atoms with Gasteiger partial charge in [0.25, 0.3) is 0 Å². The summed E-state index contributed by atoms with van der Waals surface area (Å²) in [7, 11) is 0. The Morgan fingerprint density at radius 1 is 1.20 bits per heavy atom. The monoisotopic (exact) mass is 290 g/mol. The summed E-state index contributed by atoms with van der Waals surface area (Å²) in [5, 5.41) is 8.22. The molecule has 20 heavy (non-hydrogen) atoms. The summed E-state index contributed by atoms with van der Waals surface area (Å²) in [4.78, 5) is 11.5. The predicted octanol–water partition coefficient (Wildman–Crippen LogP) is 2.98. The number of hydrogen-bond donors (Lipinski definition) is 2. The molecule has 0 fully saturated rings. The van der Waals surface area contributed by atoms with Gasteiger partial charge in [-0.1, -0.05) is 0 Å². The van der Waals surface area contributed by atoms with Gasteiger partial charge < -0.3 is 10.6 Å².